The summed E-state index contributed by atoms with van der Waals surface area (Å²) in [5.74, 6) is 0.239. The summed E-state index contributed by atoms with van der Waals surface area (Å²) in [6, 6.07) is 30.7. The first-order chi connectivity index (χ1) is 19.0. The van der Waals surface area contributed by atoms with Crippen LogP contribution in [0, 0.1) is 6.07 Å². The van der Waals surface area contributed by atoms with E-state index in [9.17, 15) is 5.11 Å². The van der Waals surface area contributed by atoms with Gasteiger partial charge < -0.3 is 5.11 Å². The van der Waals surface area contributed by atoms with Gasteiger partial charge in [0.2, 0.25) is 0 Å². The fraction of sp³-hybridized carbons (Fsp3) is 0.222. The largest absolute Gasteiger partial charge is 0.507 e. The Morgan fingerprint density at radius 3 is 2.20 bits per heavy atom. The maximum Gasteiger partial charge on any atom is 0.127 e. The molecule has 0 bridgehead atoms. The second-order valence-corrected chi connectivity index (χ2v) is 13.5. The van der Waals surface area contributed by atoms with Crippen molar-refractivity contribution in [3.8, 4) is 38.7 Å². The SMILES string of the molecule is CC(C)(C)c1ccnc(-c2[c-]c(-c3cc(C(C)(C)C)cc4sc(-c5ccccc5O)nc34)c3ccccc3c2)c1.[Pt]. The third-order valence-corrected chi connectivity index (χ3v) is 8.49. The van der Waals surface area contributed by atoms with Gasteiger partial charge in [0, 0.05) is 37.7 Å². The van der Waals surface area contributed by atoms with Gasteiger partial charge in [0.15, 0.2) is 0 Å². The van der Waals surface area contributed by atoms with Gasteiger partial charge in [0.25, 0.3) is 0 Å². The van der Waals surface area contributed by atoms with Crippen molar-refractivity contribution >= 4 is 32.3 Å². The predicted octanol–water partition coefficient (Wildman–Crippen LogP) is 9.94. The van der Waals surface area contributed by atoms with Crippen LogP contribution in [0.15, 0.2) is 85.1 Å². The van der Waals surface area contributed by atoms with Crippen LogP contribution in [0.3, 0.4) is 0 Å². The molecule has 0 saturated heterocycles. The molecular weight excluding hydrogens is 704 g/mol. The van der Waals surface area contributed by atoms with Crippen LogP contribution in [-0.2, 0) is 31.9 Å². The number of aromatic hydroxyl groups is 1. The Balaban J connectivity index is 0.00000337. The Bertz CT molecular complexity index is 1890. The number of aromatic nitrogens is 2. The Labute approximate surface area is 260 Å². The molecule has 0 radical (unpaired) electrons. The van der Waals surface area contributed by atoms with Crippen LogP contribution in [0.25, 0.3) is 53.9 Å². The van der Waals surface area contributed by atoms with Crippen molar-refractivity contribution in [1.82, 2.24) is 9.97 Å². The number of fused-ring (bicyclic) bond motifs is 2. The van der Waals surface area contributed by atoms with Crippen LogP contribution in [-0.4, -0.2) is 15.1 Å². The zero-order chi connectivity index (χ0) is 28.2. The van der Waals surface area contributed by atoms with Crippen molar-refractivity contribution in [2.45, 2.75) is 52.4 Å². The zero-order valence-electron chi connectivity index (χ0n) is 24.1. The van der Waals surface area contributed by atoms with Gasteiger partial charge in [0.05, 0.1) is 11.1 Å². The summed E-state index contributed by atoms with van der Waals surface area (Å²) < 4.78 is 1.09. The summed E-state index contributed by atoms with van der Waals surface area (Å²) in [4.78, 5) is 9.89. The molecular formula is C36H33N2OPtS-. The molecule has 2 heterocycles. The number of thiazole rings is 1. The number of pyridine rings is 1. The molecule has 0 spiro atoms. The average Bonchev–Trinajstić information content (AvgIpc) is 3.35. The number of phenols is 1. The van der Waals surface area contributed by atoms with Crippen molar-refractivity contribution in [2.75, 3.05) is 0 Å². The molecule has 0 unspecified atom stereocenters. The third-order valence-electron chi connectivity index (χ3n) is 7.46. The fourth-order valence-electron chi connectivity index (χ4n) is 5.06. The van der Waals surface area contributed by atoms with Crippen molar-refractivity contribution in [1.29, 1.82) is 0 Å². The third kappa shape index (κ3) is 5.61. The second kappa shape index (κ2) is 10.8. The fourth-order valence-corrected chi connectivity index (χ4v) is 6.13. The van der Waals surface area contributed by atoms with Crippen LogP contribution >= 0.6 is 11.3 Å². The van der Waals surface area contributed by atoms with Gasteiger partial charge >= 0.3 is 0 Å². The minimum Gasteiger partial charge on any atom is -0.507 e. The van der Waals surface area contributed by atoms with Crippen molar-refractivity contribution < 1.29 is 26.2 Å². The normalized spacial score (nSPS) is 12.0. The van der Waals surface area contributed by atoms with Crippen molar-refractivity contribution in [3.63, 3.8) is 0 Å². The van der Waals surface area contributed by atoms with E-state index >= 15 is 0 Å². The minimum absolute atomic E-state index is 0. The van der Waals surface area contributed by atoms with E-state index in [0.717, 1.165) is 53.9 Å². The maximum atomic E-state index is 10.6. The van der Waals surface area contributed by atoms with E-state index in [0.29, 0.717) is 0 Å². The first-order valence-corrected chi connectivity index (χ1v) is 14.5. The molecule has 4 aromatic carbocycles. The van der Waals surface area contributed by atoms with Gasteiger partial charge in [-0.25, -0.2) is 4.98 Å². The summed E-state index contributed by atoms with van der Waals surface area (Å²) in [7, 11) is 0. The summed E-state index contributed by atoms with van der Waals surface area (Å²) in [6.45, 7) is 13.4. The second-order valence-electron chi connectivity index (χ2n) is 12.5. The van der Waals surface area contributed by atoms with Crippen LogP contribution in [0.4, 0.5) is 0 Å². The molecule has 6 rings (SSSR count). The molecule has 3 nitrogen and oxygen atoms in total. The molecule has 0 fully saturated rings. The zero-order valence-corrected chi connectivity index (χ0v) is 27.2. The number of hydrogen-bond acceptors (Lipinski definition) is 4. The predicted molar refractivity (Wildman–Crippen MR) is 169 cm³/mol. The Morgan fingerprint density at radius 1 is 0.756 bits per heavy atom. The monoisotopic (exact) mass is 736 g/mol. The van der Waals surface area contributed by atoms with Crippen LogP contribution < -0.4 is 0 Å². The number of para-hydroxylation sites is 1. The summed E-state index contributed by atoms with van der Waals surface area (Å²) in [5.41, 5.74) is 8.04. The molecule has 6 aromatic rings. The topological polar surface area (TPSA) is 46.0 Å². The van der Waals surface area contributed by atoms with E-state index in [-0.39, 0.29) is 37.6 Å². The van der Waals surface area contributed by atoms with Gasteiger partial charge in [-0.3, -0.25) is 4.98 Å². The van der Waals surface area contributed by atoms with E-state index in [1.807, 2.05) is 24.4 Å². The van der Waals surface area contributed by atoms with Gasteiger partial charge in [-0.1, -0.05) is 112 Å². The van der Waals surface area contributed by atoms with Crippen molar-refractivity contribution in [3.05, 3.63) is 102 Å². The molecule has 41 heavy (non-hydrogen) atoms. The van der Waals surface area contributed by atoms with Gasteiger partial charge in [-0.05, 0) is 46.2 Å². The number of benzene rings is 4. The number of nitrogens with zero attached hydrogens (tertiary/aromatic N) is 2. The van der Waals surface area contributed by atoms with E-state index in [4.69, 9.17) is 9.97 Å². The average molecular weight is 737 g/mol. The molecule has 1 N–H and O–H groups in total. The van der Waals surface area contributed by atoms with E-state index < -0.39 is 0 Å². The van der Waals surface area contributed by atoms with Gasteiger partial charge in [0.1, 0.15) is 10.8 Å². The number of phenolic OH excluding ortho intramolecular Hbond substituents is 1. The van der Waals surface area contributed by atoms with Gasteiger partial charge in [-0.15, -0.1) is 29.0 Å². The number of rotatable bonds is 3. The van der Waals surface area contributed by atoms with E-state index in [2.05, 4.69) is 102 Å². The molecule has 0 saturated carbocycles. The first-order valence-electron chi connectivity index (χ1n) is 13.6. The first kappa shape index (κ1) is 29.2. The molecule has 0 atom stereocenters. The molecule has 0 aliphatic heterocycles. The molecule has 2 aromatic heterocycles. The van der Waals surface area contributed by atoms with Crippen LogP contribution in [0.1, 0.15) is 52.7 Å². The Morgan fingerprint density at radius 2 is 1.46 bits per heavy atom. The standard InChI is InChI=1S/C36H33N2OS.Pt/c1-35(2,3)24-15-16-37-30(20-24)23-17-22-11-7-8-12-26(22)28(18-23)29-19-25(36(4,5)6)21-32-33(29)38-34(40-32)27-13-9-10-14-31(27)39;/h7-17,19-21,39H,1-6H3;/q-1;. The molecule has 5 heteroatoms. The summed E-state index contributed by atoms with van der Waals surface area (Å²) >= 11 is 1.62. The number of hydrogen-bond donors (Lipinski definition) is 1. The van der Waals surface area contributed by atoms with E-state index in [1.165, 1.54) is 11.1 Å². The van der Waals surface area contributed by atoms with Crippen LogP contribution in [0.5, 0.6) is 5.75 Å². The smallest absolute Gasteiger partial charge is 0.127 e. The Kier molecular flexibility index (Phi) is 7.70. The van der Waals surface area contributed by atoms with E-state index in [1.54, 1.807) is 17.4 Å². The molecule has 0 aliphatic rings. The maximum absolute atomic E-state index is 10.6. The van der Waals surface area contributed by atoms with Crippen molar-refractivity contribution in [2.24, 2.45) is 0 Å². The Hall–Kier alpha value is -3.33. The summed E-state index contributed by atoms with van der Waals surface area (Å²) in [5, 5.41) is 13.7. The van der Waals surface area contributed by atoms with Gasteiger partial charge in [-0.2, -0.15) is 0 Å². The minimum atomic E-state index is -0.0576. The quantitative estimate of drug-likeness (QED) is 0.184. The molecule has 0 aliphatic carbocycles. The molecule has 0 amide bonds. The van der Waals surface area contributed by atoms with Crippen LogP contribution in [0.2, 0.25) is 0 Å². The molecule has 210 valence electrons. The summed E-state index contributed by atoms with van der Waals surface area (Å²) in [6.07, 6.45) is 1.90.